The number of carbonyl (C=O) groups excluding carboxylic acids is 1. The molecule has 0 aliphatic carbocycles. The summed E-state index contributed by atoms with van der Waals surface area (Å²) in [6.07, 6.45) is 1.02. The maximum absolute atomic E-state index is 12.7. The van der Waals surface area contributed by atoms with E-state index in [1.54, 1.807) is 0 Å². The Bertz CT molecular complexity index is 437. The van der Waals surface area contributed by atoms with Gasteiger partial charge in [-0.3, -0.25) is 4.79 Å². The molecule has 3 nitrogen and oxygen atoms in total. The van der Waals surface area contributed by atoms with Gasteiger partial charge in [-0.2, -0.15) is 0 Å². The lowest BCUT2D eigenvalue weighted by molar-refractivity contribution is -0.118. The quantitative estimate of drug-likeness (QED) is 0.580. The van der Waals surface area contributed by atoms with Gasteiger partial charge in [0.05, 0.1) is 18.3 Å². The summed E-state index contributed by atoms with van der Waals surface area (Å²) < 4.78 is 12.7. The molecule has 0 aromatic carbocycles. The summed E-state index contributed by atoms with van der Waals surface area (Å²) in [5.74, 6) is 4.57. The number of aromatic nitrogens is 1. The van der Waals surface area contributed by atoms with Crippen LogP contribution in [0.15, 0.2) is 12.3 Å². The van der Waals surface area contributed by atoms with Crippen LogP contribution in [0.3, 0.4) is 0 Å². The predicted octanol–water partition coefficient (Wildman–Crippen LogP) is 1.36. The fourth-order valence-electron chi connectivity index (χ4n) is 0.818. The Kier molecular flexibility index (Phi) is 4.07. The van der Waals surface area contributed by atoms with Crippen molar-refractivity contribution in [2.45, 2.75) is 6.92 Å². The van der Waals surface area contributed by atoms with E-state index in [1.165, 1.54) is 13.0 Å². The molecule has 1 N–H and O–H groups in total. The summed E-state index contributed by atoms with van der Waals surface area (Å²) in [4.78, 5) is 14.1. The third-order valence-electron chi connectivity index (χ3n) is 1.45. The monoisotopic (exact) mass is 226 g/mol. The molecule has 5 heteroatoms. The second-order valence-corrected chi connectivity index (χ2v) is 3.06. The molecule has 0 unspecified atom stereocenters. The van der Waals surface area contributed by atoms with Crippen molar-refractivity contribution in [2.75, 3.05) is 6.54 Å². The zero-order valence-corrected chi connectivity index (χ0v) is 8.73. The van der Waals surface area contributed by atoms with Crippen LogP contribution >= 0.6 is 11.6 Å². The van der Waals surface area contributed by atoms with Crippen LogP contribution in [-0.4, -0.2) is 17.4 Å². The Labute approximate surface area is 91.7 Å². The molecular formula is C10H8ClFN2O. The summed E-state index contributed by atoms with van der Waals surface area (Å²) >= 11 is 5.67. The molecule has 0 saturated carbocycles. The topological polar surface area (TPSA) is 42.0 Å². The fraction of sp³-hybridized carbons (Fsp3) is 0.200. The van der Waals surface area contributed by atoms with Crippen molar-refractivity contribution in [2.24, 2.45) is 0 Å². The normalized spacial score (nSPS) is 9.00. The van der Waals surface area contributed by atoms with E-state index in [4.69, 9.17) is 11.6 Å². The number of nitrogens with one attached hydrogen (secondary N) is 1. The fourth-order valence-corrected chi connectivity index (χ4v) is 0.969. The van der Waals surface area contributed by atoms with Gasteiger partial charge in [0, 0.05) is 6.92 Å². The molecular weight excluding hydrogens is 219 g/mol. The van der Waals surface area contributed by atoms with E-state index < -0.39 is 5.82 Å². The first-order valence-corrected chi connectivity index (χ1v) is 4.51. The zero-order valence-electron chi connectivity index (χ0n) is 7.97. The standard InChI is InChI=1S/C10H8ClFN2O/c1-7(15)13-4-2-3-8-5-9(12)6-14-10(8)11/h5-6H,4H2,1H3,(H,13,15). The first-order valence-electron chi connectivity index (χ1n) is 4.14. The molecule has 0 aliphatic rings. The predicted molar refractivity (Wildman–Crippen MR) is 54.8 cm³/mol. The van der Waals surface area contributed by atoms with Crippen molar-refractivity contribution in [3.8, 4) is 11.8 Å². The molecule has 1 rings (SSSR count). The van der Waals surface area contributed by atoms with Crippen molar-refractivity contribution in [3.63, 3.8) is 0 Å². The van der Waals surface area contributed by atoms with Crippen LogP contribution < -0.4 is 5.32 Å². The number of rotatable bonds is 1. The smallest absolute Gasteiger partial charge is 0.217 e. The van der Waals surface area contributed by atoms with Gasteiger partial charge >= 0.3 is 0 Å². The number of amides is 1. The summed E-state index contributed by atoms with van der Waals surface area (Å²) in [6, 6.07) is 1.19. The Morgan fingerprint density at radius 1 is 1.73 bits per heavy atom. The van der Waals surface area contributed by atoms with E-state index in [0.29, 0.717) is 5.56 Å². The first-order chi connectivity index (χ1) is 7.09. The van der Waals surface area contributed by atoms with Gasteiger partial charge in [-0.25, -0.2) is 9.37 Å². The van der Waals surface area contributed by atoms with E-state index in [2.05, 4.69) is 22.1 Å². The zero-order chi connectivity index (χ0) is 11.3. The molecule has 0 radical (unpaired) electrons. The maximum Gasteiger partial charge on any atom is 0.217 e. The lowest BCUT2D eigenvalue weighted by Gasteiger charge is -1.94. The third-order valence-corrected chi connectivity index (χ3v) is 1.76. The van der Waals surface area contributed by atoms with Crippen LogP contribution in [0.5, 0.6) is 0 Å². The minimum Gasteiger partial charge on any atom is -0.345 e. The van der Waals surface area contributed by atoms with Crippen LogP contribution in [0.4, 0.5) is 4.39 Å². The molecule has 0 aliphatic heterocycles. The molecule has 0 atom stereocenters. The van der Waals surface area contributed by atoms with Crippen molar-refractivity contribution in [1.82, 2.24) is 10.3 Å². The van der Waals surface area contributed by atoms with E-state index in [0.717, 1.165) is 6.20 Å². The molecule has 0 saturated heterocycles. The average molecular weight is 227 g/mol. The van der Waals surface area contributed by atoms with Crippen molar-refractivity contribution < 1.29 is 9.18 Å². The van der Waals surface area contributed by atoms with Gasteiger partial charge < -0.3 is 5.32 Å². The Morgan fingerprint density at radius 2 is 2.47 bits per heavy atom. The van der Waals surface area contributed by atoms with E-state index in [1.807, 2.05) is 0 Å². The van der Waals surface area contributed by atoms with Crippen LogP contribution in [-0.2, 0) is 4.79 Å². The van der Waals surface area contributed by atoms with E-state index >= 15 is 0 Å². The molecule has 78 valence electrons. The number of hydrogen-bond acceptors (Lipinski definition) is 2. The van der Waals surface area contributed by atoms with Crippen LogP contribution in [0.2, 0.25) is 5.15 Å². The summed E-state index contributed by atoms with van der Waals surface area (Å²) in [6.45, 7) is 1.58. The molecule has 15 heavy (non-hydrogen) atoms. The average Bonchev–Trinajstić information content (AvgIpc) is 2.17. The number of carbonyl (C=O) groups is 1. The number of nitrogens with zero attached hydrogens (tertiary/aromatic N) is 1. The van der Waals surface area contributed by atoms with Gasteiger partial charge in [0.1, 0.15) is 11.0 Å². The van der Waals surface area contributed by atoms with Crippen LogP contribution in [0.25, 0.3) is 0 Å². The van der Waals surface area contributed by atoms with Gasteiger partial charge in [-0.1, -0.05) is 23.4 Å². The molecule has 1 aromatic rings. The highest BCUT2D eigenvalue weighted by Gasteiger charge is 1.99. The maximum atomic E-state index is 12.7. The summed E-state index contributed by atoms with van der Waals surface area (Å²) in [5, 5.41) is 2.63. The summed E-state index contributed by atoms with van der Waals surface area (Å²) in [5.41, 5.74) is 0.307. The number of halogens is 2. The van der Waals surface area contributed by atoms with E-state index in [-0.39, 0.29) is 17.6 Å². The number of pyridine rings is 1. The Hall–Kier alpha value is -1.60. The second-order valence-electron chi connectivity index (χ2n) is 2.70. The minimum absolute atomic E-state index is 0.145. The molecule has 0 fully saturated rings. The van der Waals surface area contributed by atoms with Gasteiger partial charge in [-0.15, -0.1) is 0 Å². The van der Waals surface area contributed by atoms with Gasteiger partial charge in [0.2, 0.25) is 5.91 Å². The van der Waals surface area contributed by atoms with Crippen LogP contribution in [0.1, 0.15) is 12.5 Å². The second kappa shape index (κ2) is 5.32. The van der Waals surface area contributed by atoms with E-state index in [9.17, 15) is 9.18 Å². The van der Waals surface area contributed by atoms with Crippen molar-refractivity contribution in [1.29, 1.82) is 0 Å². The molecule has 1 amide bonds. The highest BCUT2D eigenvalue weighted by molar-refractivity contribution is 6.30. The SMILES string of the molecule is CC(=O)NCC#Cc1cc(F)cnc1Cl. The lowest BCUT2D eigenvalue weighted by Crippen LogP contribution is -2.19. The van der Waals surface area contributed by atoms with Crippen LogP contribution in [0, 0.1) is 17.7 Å². The molecule has 0 bridgehead atoms. The highest BCUT2D eigenvalue weighted by atomic mass is 35.5. The number of hydrogen-bond donors (Lipinski definition) is 1. The first kappa shape index (κ1) is 11.5. The largest absolute Gasteiger partial charge is 0.345 e. The third kappa shape index (κ3) is 3.96. The molecule has 1 heterocycles. The molecule has 0 spiro atoms. The van der Waals surface area contributed by atoms with Gasteiger partial charge in [0.15, 0.2) is 0 Å². The minimum atomic E-state index is -0.497. The van der Waals surface area contributed by atoms with Crippen molar-refractivity contribution >= 4 is 17.5 Å². The Morgan fingerprint density at radius 3 is 3.13 bits per heavy atom. The lowest BCUT2D eigenvalue weighted by atomic mass is 10.3. The highest BCUT2D eigenvalue weighted by Crippen LogP contribution is 2.11. The van der Waals surface area contributed by atoms with Gasteiger partial charge in [-0.05, 0) is 6.07 Å². The molecule has 1 aromatic heterocycles. The van der Waals surface area contributed by atoms with Crippen molar-refractivity contribution in [3.05, 3.63) is 28.8 Å². The Balaban J connectivity index is 2.71. The van der Waals surface area contributed by atoms with Gasteiger partial charge in [0.25, 0.3) is 0 Å². The summed E-state index contributed by atoms with van der Waals surface area (Å²) in [7, 11) is 0.